The molecule has 0 amide bonds. The van der Waals surface area contributed by atoms with Crippen molar-refractivity contribution in [1.82, 2.24) is 10.3 Å². The molecule has 1 saturated carbocycles. The first-order valence-corrected chi connectivity index (χ1v) is 7.05. The fourth-order valence-electron chi connectivity index (χ4n) is 3.22. The second-order valence-corrected chi connectivity index (χ2v) is 5.48. The molecule has 2 aliphatic rings. The smallest absolute Gasteiger partial charge is 0.211 e. The lowest BCUT2D eigenvalue weighted by atomic mass is 10.0. The van der Waals surface area contributed by atoms with Crippen molar-refractivity contribution >= 4 is 0 Å². The van der Waals surface area contributed by atoms with Crippen LogP contribution in [0.25, 0.3) is 0 Å². The van der Waals surface area contributed by atoms with Gasteiger partial charge in [0.15, 0.2) is 0 Å². The number of oxazole rings is 1. The number of aryl methyl sites for hydroxylation is 1. The van der Waals surface area contributed by atoms with Gasteiger partial charge in [-0.25, -0.2) is 4.98 Å². The number of aromatic nitrogens is 1. The molecule has 1 saturated heterocycles. The number of hydrogen-bond donors (Lipinski definition) is 1. The predicted molar refractivity (Wildman–Crippen MR) is 67.0 cm³/mol. The maximum atomic E-state index is 5.89. The zero-order valence-electron chi connectivity index (χ0n) is 10.7. The topological polar surface area (TPSA) is 38.1 Å². The number of hydrogen-bond acceptors (Lipinski definition) is 3. The molecule has 17 heavy (non-hydrogen) atoms. The Balaban J connectivity index is 1.79. The highest BCUT2D eigenvalue weighted by Gasteiger charge is 2.26. The average molecular weight is 234 g/mol. The van der Waals surface area contributed by atoms with E-state index >= 15 is 0 Å². The van der Waals surface area contributed by atoms with E-state index in [1.54, 1.807) is 0 Å². The predicted octanol–water partition coefficient (Wildman–Crippen LogP) is 3.46. The summed E-state index contributed by atoms with van der Waals surface area (Å²) in [5, 5.41) is 3.51. The van der Waals surface area contributed by atoms with Gasteiger partial charge in [0, 0.05) is 5.92 Å². The Morgan fingerprint density at radius 2 is 1.88 bits per heavy atom. The standard InChI is InChI=1S/C14H22N2O/c1-10-13(11-6-2-3-7-11)16-14(17-10)12-8-4-5-9-15-12/h11-12,15H,2-9H2,1H3. The highest BCUT2D eigenvalue weighted by Crippen LogP contribution is 2.36. The third-order valence-electron chi connectivity index (χ3n) is 4.20. The minimum atomic E-state index is 0.359. The van der Waals surface area contributed by atoms with Crippen LogP contribution in [0.5, 0.6) is 0 Å². The summed E-state index contributed by atoms with van der Waals surface area (Å²) < 4.78 is 5.89. The SMILES string of the molecule is Cc1oc(C2CCCCN2)nc1C1CCCC1. The van der Waals surface area contributed by atoms with Crippen molar-refractivity contribution in [3.63, 3.8) is 0 Å². The maximum absolute atomic E-state index is 5.89. The minimum Gasteiger partial charge on any atom is -0.444 e. The molecule has 1 aromatic heterocycles. The number of rotatable bonds is 2. The summed E-state index contributed by atoms with van der Waals surface area (Å²) in [6.07, 6.45) is 9.05. The van der Waals surface area contributed by atoms with Crippen molar-refractivity contribution in [1.29, 1.82) is 0 Å². The zero-order chi connectivity index (χ0) is 11.7. The second kappa shape index (κ2) is 4.81. The van der Waals surface area contributed by atoms with E-state index in [1.165, 1.54) is 50.6 Å². The zero-order valence-corrected chi connectivity index (χ0v) is 10.7. The van der Waals surface area contributed by atoms with E-state index in [0.717, 1.165) is 18.2 Å². The lowest BCUT2D eigenvalue weighted by molar-refractivity contribution is 0.333. The van der Waals surface area contributed by atoms with E-state index in [-0.39, 0.29) is 0 Å². The van der Waals surface area contributed by atoms with Gasteiger partial charge in [0.1, 0.15) is 5.76 Å². The lowest BCUT2D eigenvalue weighted by Gasteiger charge is -2.20. The first-order valence-electron chi connectivity index (χ1n) is 7.05. The van der Waals surface area contributed by atoms with Gasteiger partial charge in [0.2, 0.25) is 5.89 Å². The Morgan fingerprint density at radius 3 is 2.59 bits per heavy atom. The first-order chi connectivity index (χ1) is 8.34. The van der Waals surface area contributed by atoms with Crippen LogP contribution in [0.15, 0.2) is 4.42 Å². The van der Waals surface area contributed by atoms with Crippen LogP contribution in [0.4, 0.5) is 0 Å². The van der Waals surface area contributed by atoms with Gasteiger partial charge in [-0.05, 0) is 39.2 Å². The summed E-state index contributed by atoms with van der Waals surface area (Å²) in [5.74, 6) is 2.65. The van der Waals surface area contributed by atoms with E-state index in [0.29, 0.717) is 12.0 Å². The minimum absolute atomic E-state index is 0.359. The number of nitrogens with zero attached hydrogens (tertiary/aromatic N) is 1. The molecule has 2 fully saturated rings. The summed E-state index contributed by atoms with van der Waals surface area (Å²) in [6.45, 7) is 3.18. The van der Waals surface area contributed by atoms with Crippen molar-refractivity contribution in [2.45, 2.75) is 63.8 Å². The van der Waals surface area contributed by atoms with Gasteiger partial charge in [-0.1, -0.05) is 19.3 Å². The van der Waals surface area contributed by atoms with E-state index in [9.17, 15) is 0 Å². The molecule has 1 unspecified atom stereocenters. The van der Waals surface area contributed by atoms with Gasteiger partial charge in [0.25, 0.3) is 0 Å². The molecule has 2 heterocycles. The molecule has 1 atom stereocenters. The van der Waals surface area contributed by atoms with Crippen molar-refractivity contribution in [2.75, 3.05) is 6.54 Å². The van der Waals surface area contributed by atoms with Gasteiger partial charge in [-0.3, -0.25) is 0 Å². The van der Waals surface area contributed by atoms with Gasteiger partial charge >= 0.3 is 0 Å². The fraction of sp³-hybridized carbons (Fsp3) is 0.786. The van der Waals surface area contributed by atoms with Crippen LogP contribution >= 0.6 is 0 Å². The molecule has 1 aliphatic carbocycles. The van der Waals surface area contributed by atoms with E-state index in [2.05, 4.69) is 12.2 Å². The van der Waals surface area contributed by atoms with Gasteiger partial charge in [0.05, 0.1) is 11.7 Å². The second-order valence-electron chi connectivity index (χ2n) is 5.48. The Labute approximate surface area is 103 Å². The summed E-state index contributed by atoms with van der Waals surface area (Å²) in [5.41, 5.74) is 1.24. The summed E-state index contributed by atoms with van der Waals surface area (Å²) >= 11 is 0. The molecule has 0 radical (unpaired) electrons. The van der Waals surface area contributed by atoms with E-state index in [4.69, 9.17) is 9.40 Å². The third kappa shape index (κ3) is 2.25. The summed E-state index contributed by atoms with van der Waals surface area (Å²) in [7, 11) is 0. The van der Waals surface area contributed by atoms with Gasteiger partial charge in [-0.15, -0.1) is 0 Å². The van der Waals surface area contributed by atoms with Crippen LogP contribution in [-0.4, -0.2) is 11.5 Å². The molecular formula is C14H22N2O. The number of piperidine rings is 1. The van der Waals surface area contributed by atoms with Crippen molar-refractivity contribution in [2.24, 2.45) is 0 Å². The van der Waals surface area contributed by atoms with Gasteiger partial charge < -0.3 is 9.73 Å². The van der Waals surface area contributed by atoms with Crippen molar-refractivity contribution in [3.05, 3.63) is 17.3 Å². The Morgan fingerprint density at radius 1 is 1.12 bits per heavy atom. The summed E-state index contributed by atoms with van der Waals surface area (Å²) in [4.78, 5) is 4.79. The van der Waals surface area contributed by atoms with Crippen LogP contribution in [0.1, 0.15) is 74.3 Å². The van der Waals surface area contributed by atoms with Crippen molar-refractivity contribution in [3.8, 4) is 0 Å². The molecule has 3 rings (SSSR count). The fourth-order valence-corrected chi connectivity index (χ4v) is 3.22. The van der Waals surface area contributed by atoms with Crippen LogP contribution < -0.4 is 5.32 Å². The third-order valence-corrected chi connectivity index (χ3v) is 4.20. The van der Waals surface area contributed by atoms with Crippen LogP contribution in [-0.2, 0) is 0 Å². The monoisotopic (exact) mass is 234 g/mol. The van der Waals surface area contributed by atoms with Crippen LogP contribution in [0, 0.1) is 6.92 Å². The normalized spacial score (nSPS) is 26.5. The highest BCUT2D eigenvalue weighted by atomic mass is 16.4. The molecule has 94 valence electrons. The maximum Gasteiger partial charge on any atom is 0.211 e. The molecule has 1 aromatic rings. The molecular weight excluding hydrogens is 212 g/mol. The average Bonchev–Trinajstić information content (AvgIpc) is 2.99. The molecule has 1 N–H and O–H groups in total. The molecule has 1 aliphatic heterocycles. The molecule has 3 heteroatoms. The largest absolute Gasteiger partial charge is 0.444 e. The molecule has 0 aromatic carbocycles. The molecule has 3 nitrogen and oxygen atoms in total. The molecule has 0 spiro atoms. The van der Waals surface area contributed by atoms with E-state index in [1.807, 2.05) is 0 Å². The Kier molecular flexibility index (Phi) is 3.19. The highest BCUT2D eigenvalue weighted by molar-refractivity contribution is 5.16. The summed E-state index contributed by atoms with van der Waals surface area (Å²) in [6, 6.07) is 0.359. The number of nitrogens with one attached hydrogen (secondary N) is 1. The quantitative estimate of drug-likeness (QED) is 0.851. The lowest BCUT2D eigenvalue weighted by Crippen LogP contribution is -2.27. The van der Waals surface area contributed by atoms with Crippen LogP contribution in [0.3, 0.4) is 0 Å². The molecule has 0 bridgehead atoms. The van der Waals surface area contributed by atoms with Gasteiger partial charge in [-0.2, -0.15) is 0 Å². The Hall–Kier alpha value is -0.830. The van der Waals surface area contributed by atoms with Crippen molar-refractivity contribution < 1.29 is 4.42 Å². The van der Waals surface area contributed by atoms with Crippen LogP contribution in [0.2, 0.25) is 0 Å². The first kappa shape index (κ1) is 11.3. The Bertz CT molecular complexity index is 374. The van der Waals surface area contributed by atoms with E-state index < -0.39 is 0 Å².